The van der Waals surface area contributed by atoms with Crippen molar-refractivity contribution in [3.8, 4) is 11.5 Å². The lowest BCUT2D eigenvalue weighted by atomic mass is 10.1. The predicted molar refractivity (Wildman–Crippen MR) is 127 cm³/mol. The molecule has 0 N–H and O–H groups in total. The SMILES string of the molecule is COc1ccc(C=CC2=NN(c3ccccn3)C(C=Cc3ccc(OC)cc3)C2)cc1. The Balaban J connectivity index is 1.53. The van der Waals surface area contributed by atoms with Crippen LogP contribution in [-0.4, -0.2) is 31.0 Å². The van der Waals surface area contributed by atoms with Crippen LogP contribution in [0, 0.1) is 0 Å². The van der Waals surface area contributed by atoms with Crippen LogP contribution in [0.15, 0.2) is 90.2 Å². The molecule has 1 aliphatic heterocycles. The Bertz CT molecular complexity index is 1070. The van der Waals surface area contributed by atoms with Gasteiger partial charge < -0.3 is 9.47 Å². The summed E-state index contributed by atoms with van der Waals surface area (Å²) in [5.41, 5.74) is 3.22. The second kappa shape index (κ2) is 9.76. The number of benzene rings is 2. The van der Waals surface area contributed by atoms with Crippen LogP contribution in [0.5, 0.6) is 11.5 Å². The molecule has 2 heterocycles. The van der Waals surface area contributed by atoms with Crippen LogP contribution in [-0.2, 0) is 0 Å². The summed E-state index contributed by atoms with van der Waals surface area (Å²) in [7, 11) is 3.34. The molecule has 4 rings (SSSR count). The number of hydrazone groups is 1. The van der Waals surface area contributed by atoms with Gasteiger partial charge in [0.25, 0.3) is 0 Å². The number of hydrogen-bond acceptors (Lipinski definition) is 5. The first kappa shape index (κ1) is 20.4. The Labute approximate surface area is 183 Å². The highest BCUT2D eigenvalue weighted by Gasteiger charge is 2.25. The zero-order chi connectivity index (χ0) is 21.5. The van der Waals surface area contributed by atoms with E-state index in [1.807, 2.05) is 71.7 Å². The van der Waals surface area contributed by atoms with Crippen LogP contribution in [0.2, 0.25) is 0 Å². The van der Waals surface area contributed by atoms with Crippen molar-refractivity contribution in [2.75, 3.05) is 19.2 Å². The van der Waals surface area contributed by atoms with E-state index in [4.69, 9.17) is 14.6 Å². The van der Waals surface area contributed by atoms with Gasteiger partial charge >= 0.3 is 0 Å². The van der Waals surface area contributed by atoms with Gasteiger partial charge in [-0.25, -0.2) is 9.99 Å². The molecule has 31 heavy (non-hydrogen) atoms. The van der Waals surface area contributed by atoms with Crippen molar-refractivity contribution in [1.29, 1.82) is 0 Å². The van der Waals surface area contributed by atoms with Gasteiger partial charge in [-0.1, -0.05) is 48.6 Å². The van der Waals surface area contributed by atoms with E-state index in [2.05, 4.69) is 29.3 Å². The molecule has 1 aliphatic rings. The predicted octanol–water partition coefficient (Wildman–Crippen LogP) is 5.46. The summed E-state index contributed by atoms with van der Waals surface area (Å²) in [6.45, 7) is 0. The molecule has 2 aromatic carbocycles. The van der Waals surface area contributed by atoms with Crippen molar-refractivity contribution in [2.45, 2.75) is 12.5 Å². The van der Waals surface area contributed by atoms with E-state index in [9.17, 15) is 0 Å². The molecular formula is C26H25N3O2. The Kier molecular flexibility index (Phi) is 6.43. The number of pyridine rings is 1. The molecule has 5 heteroatoms. The highest BCUT2D eigenvalue weighted by Crippen LogP contribution is 2.25. The zero-order valence-corrected chi connectivity index (χ0v) is 17.7. The highest BCUT2D eigenvalue weighted by molar-refractivity contribution is 6.01. The van der Waals surface area contributed by atoms with E-state index in [1.54, 1.807) is 20.4 Å². The Morgan fingerprint density at radius 3 is 2.03 bits per heavy atom. The van der Waals surface area contributed by atoms with E-state index in [-0.39, 0.29) is 6.04 Å². The van der Waals surface area contributed by atoms with Crippen molar-refractivity contribution in [3.05, 3.63) is 96.2 Å². The number of nitrogens with zero attached hydrogens (tertiary/aromatic N) is 3. The number of allylic oxidation sites excluding steroid dienone is 1. The molecule has 0 amide bonds. The zero-order valence-electron chi connectivity index (χ0n) is 17.7. The quantitative estimate of drug-likeness (QED) is 0.518. The monoisotopic (exact) mass is 411 g/mol. The topological polar surface area (TPSA) is 47.0 Å². The molecule has 0 fully saturated rings. The fraction of sp³-hybridized carbons (Fsp3) is 0.154. The molecule has 0 bridgehead atoms. The number of hydrogen-bond donors (Lipinski definition) is 0. The van der Waals surface area contributed by atoms with Gasteiger partial charge in [0.05, 0.1) is 26.0 Å². The Hall–Kier alpha value is -3.86. The van der Waals surface area contributed by atoms with Gasteiger partial charge in [0.2, 0.25) is 0 Å². The first-order chi connectivity index (χ1) is 15.2. The van der Waals surface area contributed by atoms with Gasteiger partial charge in [-0.3, -0.25) is 0 Å². The Morgan fingerprint density at radius 1 is 0.806 bits per heavy atom. The van der Waals surface area contributed by atoms with Crippen LogP contribution in [0.3, 0.4) is 0 Å². The third-order valence-electron chi connectivity index (χ3n) is 5.06. The van der Waals surface area contributed by atoms with Crippen LogP contribution < -0.4 is 14.5 Å². The number of anilines is 1. The molecule has 156 valence electrons. The van der Waals surface area contributed by atoms with E-state index in [1.165, 1.54) is 0 Å². The maximum atomic E-state index is 5.24. The minimum absolute atomic E-state index is 0.0903. The molecule has 3 aromatic rings. The maximum absolute atomic E-state index is 5.24. The van der Waals surface area contributed by atoms with Crippen molar-refractivity contribution >= 4 is 23.7 Å². The fourth-order valence-electron chi connectivity index (χ4n) is 3.36. The molecule has 0 aliphatic carbocycles. The standard InChI is InChI=1S/C26H25N3O2/c1-30-24-14-8-20(9-15-24)6-12-22-19-23(29(28-22)26-5-3-4-18-27-26)13-7-21-10-16-25(31-2)17-11-21/h3-18,23H,19H2,1-2H3. The summed E-state index contributed by atoms with van der Waals surface area (Å²) >= 11 is 0. The number of aromatic nitrogens is 1. The summed E-state index contributed by atoms with van der Waals surface area (Å²) in [4.78, 5) is 4.49. The lowest BCUT2D eigenvalue weighted by molar-refractivity contribution is 0.414. The average Bonchev–Trinajstić information content (AvgIpc) is 3.26. The second-order valence-electron chi connectivity index (χ2n) is 7.13. The normalized spacial score (nSPS) is 16.1. The maximum Gasteiger partial charge on any atom is 0.149 e. The van der Waals surface area contributed by atoms with E-state index in [0.29, 0.717) is 0 Å². The third-order valence-corrected chi connectivity index (χ3v) is 5.06. The van der Waals surface area contributed by atoms with Gasteiger partial charge in [-0.2, -0.15) is 5.10 Å². The lowest BCUT2D eigenvalue weighted by Crippen LogP contribution is -2.24. The van der Waals surface area contributed by atoms with Crippen LogP contribution in [0.25, 0.3) is 12.2 Å². The molecule has 0 radical (unpaired) electrons. The summed E-state index contributed by atoms with van der Waals surface area (Å²) in [6, 6.07) is 21.9. The molecule has 1 atom stereocenters. The van der Waals surface area contributed by atoms with Gasteiger partial charge in [0.15, 0.2) is 0 Å². The summed E-state index contributed by atoms with van der Waals surface area (Å²) in [6.07, 6.45) is 11.0. The summed E-state index contributed by atoms with van der Waals surface area (Å²) in [5, 5.41) is 6.81. The minimum Gasteiger partial charge on any atom is -0.497 e. The largest absolute Gasteiger partial charge is 0.497 e. The fourth-order valence-corrected chi connectivity index (χ4v) is 3.36. The van der Waals surface area contributed by atoms with Crippen molar-refractivity contribution in [1.82, 2.24) is 4.98 Å². The molecule has 5 nitrogen and oxygen atoms in total. The molecule has 1 aromatic heterocycles. The van der Waals surface area contributed by atoms with Crippen molar-refractivity contribution in [2.24, 2.45) is 5.10 Å². The minimum atomic E-state index is 0.0903. The highest BCUT2D eigenvalue weighted by atomic mass is 16.5. The molecular weight excluding hydrogens is 386 g/mol. The number of rotatable bonds is 7. The lowest BCUT2D eigenvalue weighted by Gasteiger charge is -2.19. The number of methoxy groups -OCH3 is 2. The second-order valence-corrected chi connectivity index (χ2v) is 7.13. The van der Waals surface area contributed by atoms with E-state index < -0.39 is 0 Å². The average molecular weight is 412 g/mol. The summed E-state index contributed by atoms with van der Waals surface area (Å²) < 4.78 is 10.5. The first-order valence-electron chi connectivity index (χ1n) is 10.2. The van der Waals surface area contributed by atoms with Crippen molar-refractivity contribution in [3.63, 3.8) is 0 Å². The van der Waals surface area contributed by atoms with Gasteiger partial charge in [0, 0.05) is 12.6 Å². The molecule has 0 spiro atoms. The summed E-state index contributed by atoms with van der Waals surface area (Å²) in [5.74, 6) is 2.53. The van der Waals surface area contributed by atoms with Crippen LogP contribution >= 0.6 is 0 Å². The van der Waals surface area contributed by atoms with E-state index in [0.717, 1.165) is 40.6 Å². The van der Waals surface area contributed by atoms with Crippen molar-refractivity contribution < 1.29 is 9.47 Å². The Morgan fingerprint density at radius 2 is 1.45 bits per heavy atom. The molecule has 1 unspecified atom stereocenters. The van der Waals surface area contributed by atoms with Crippen LogP contribution in [0.4, 0.5) is 5.82 Å². The van der Waals surface area contributed by atoms with Gasteiger partial charge in [-0.05, 0) is 53.6 Å². The molecule has 0 saturated carbocycles. The number of ether oxygens (including phenoxy) is 2. The van der Waals surface area contributed by atoms with E-state index >= 15 is 0 Å². The third kappa shape index (κ3) is 5.20. The van der Waals surface area contributed by atoms with Gasteiger partial charge in [0.1, 0.15) is 17.3 Å². The smallest absolute Gasteiger partial charge is 0.149 e. The van der Waals surface area contributed by atoms with Crippen LogP contribution in [0.1, 0.15) is 17.5 Å². The first-order valence-corrected chi connectivity index (χ1v) is 10.2. The molecule has 0 saturated heterocycles. The van der Waals surface area contributed by atoms with Gasteiger partial charge in [-0.15, -0.1) is 0 Å².